The highest BCUT2D eigenvalue weighted by atomic mass is 17.1. The topological polar surface area (TPSA) is 72.8 Å². The van der Waals surface area contributed by atoms with Crippen LogP contribution in [0.15, 0.2) is 0 Å². The van der Waals surface area contributed by atoms with Gasteiger partial charge in [0.25, 0.3) is 0 Å². The second-order valence-electron chi connectivity index (χ2n) is 4.60. The molecular formula is C11H20O5. The molecule has 0 rings (SSSR count). The SMILES string of the molecule is CC(=O)OC(CCC(C)(C)C=O)C(C)OO. The van der Waals surface area contributed by atoms with Crippen LogP contribution in [0.4, 0.5) is 0 Å². The van der Waals surface area contributed by atoms with Crippen molar-refractivity contribution in [3.63, 3.8) is 0 Å². The van der Waals surface area contributed by atoms with Gasteiger partial charge in [0.05, 0.1) is 0 Å². The van der Waals surface area contributed by atoms with Crippen molar-refractivity contribution in [2.24, 2.45) is 5.41 Å². The van der Waals surface area contributed by atoms with E-state index >= 15 is 0 Å². The van der Waals surface area contributed by atoms with Gasteiger partial charge in [0.1, 0.15) is 18.5 Å². The Balaban J connectivity index is 4.32. The first kappa shape index (κ1) is 15.1. The van der Waals surface area contributed by atoms with Crippen LogP contribution in [-0.2, 0) is 19.2 Å². The third kappa shape index (κ3) is 5.82. The number of carbonyl (C=O) groups is 2. The third-order valence-corrected chi connectivity index (χ3v) is 2.40. The van der Waals surface area contributed by atoms with Crippen LogP contribution in [0.2, 0.25) is 0 Å². The fourth-order valence-electron chi connectivity index (χ4n) is 1.24. The predicted molar refractivity (Wildman–Crippen MR) is 57.8 cm³/mol. The summed E-state index contributed by atoms with van der Waals surface area (Å²) >= 11 is 0. The van der Waals surface area contributed by atoms with Crippen molar-refractivity contribution >= 4 is 12.3 Å². The molecule has 0 aliphatic heterocycles. The van der Waals surface area contributed by atoms with Crippen LogP contribution in [0.5, 0.6) is 0 Å². The van der Waals surface area contributed by atoms with E-state index < -0.39 is 23.6 Å². The van der Waals surface area contributed by atoms with Crippen LogP contribution >= 0.6 is 0 Å². The van der Waals surface area contributed by atoms with Crippen molar-refractivity contribution in [2.45, 2.75) is 52.7 Å². The Morgan fingerprint density at radius 1 is 1.50 bits per heavy atom. The number of ether oxygens (including phenoxy) is 1. The molecule has 0 heterocycles. The minimum atomic E-state index is -0.605. The minimum Gasteiger partial charge on any atom is -0.460 e. The van der Waals surface area contributed by atoms with E-state index in [0.29, 0.717) is 12.8 Å². The number of carbonyl (C=O) groups excluding carboxylic acids is 2. The second kappa shape index (κ2) is 6.60. The van der Waals surface area contributed by atoms with Crippen molar-refractivity contribution < 1.29 is 24.5 Å². The van der Waals surface area contributed by atoms with E-state index in [4.69, 9.17) is 9.99 Å². The summed E-state index contributed by atoms with van der Waals surface area (Å²) in [6.07, 6.45) is 0.741. The fraction of sp³-hybridized carbons (Fsp3) is 0.818. The summed E-state index contributed by atoms with van der Waals surface area (Å²) in [5.41, 5.74) is -0.465. The molecular weight excluding hydrogens is 212 g/mol. The lowest BCUT2D eigenvalue weighted by Gasteiger charge is -2.24. The van der Waals surface area contributed by atoms with Gasteiger partial charge in [0.15, 0.2) is 0 Å². The highest BCUT2D eigenvalue weighted by Gasteiger charge is 2.25. The first-order valence-electron chi connectivity index (χ1n) is 5.26. The molecule has 0 aromatic carbocycles. The number of hydrogen-bond donors (Lipinski definition) is 1. The largest absolute Gasteiger partial charge is 0.460 e. The Bertz CT molecular complexity index is 237. The highest BCUT2D eigenvalue weighted by Crippen LogP contribution is 2.22. The molecule has 2 unspecified atom stereocenters. The van der Waals surface area contributed by atoms with Crippen molar-refractivity contribution in [1.82, 2.24) is 0 Å². The summed E-state index contributed by atoms with van der Waals surface area (Å²) in [7, 11) is 0. The predicted octanol–water partition coefficient (Wildman–Crippen LogP) is 1.80. The zero-order valence-corrected chi connectivity index (χ0v) is 10.2. The molecule has 0 amide bonds. The minimum absolute atomic E-state index is 0.433. The van der Waals surface area contributed by atoms with Gasteiger partial charge in [-0.05, 0) is 19.8 Å². The van der Waals surface area contributed by atoms with Crippen molar-refractivity contribution in [3.05, 3.63) is 0 Å². The van der Waals surface area contributed by atoms with Gasteiger partial charge < -0.3 is 9.53 Å². The summed E-state index contributed by atoms with van der Waals surface area (Å²) in [4.78, 5) is 25.7. The van der Waals surface area contributed by atoms with Gasteiger partial charge in [-0.2, -0.15) is 0 Å². The zero-order chi connectivity index (χ0) is 12.8. The van der Waals surface area contributed by atoms with E-state index in [9.17, 15) is 9.59 Å². The molecule has 0 radical (unpaired) electrons. The lowest BCUT2D eigenvalue weighted by molar-refractivity contribution is -0.293. The standard InChI is InChI=1S/C11H20O5/c1-8(16-14)10(15-9(2)13)5-6-11(3,4)7-12/h7-8,10,14H,5-6H2,1-4H3. The third-order valence-electron chi connectivity index (χ3n) is 2.40. The molecule has 0 aliphatic rings. The maximum Gasteiger partial charge on any atom is 0.302 e. The van der Waals surface area contributed by atoms with Gasteiger partial charge in [0, 0.05) is 12.3 Å². The Hall–Kier alpha value is -0.940. The smallest absolute Gasteiger partial charge is 0.302 e. The van der Waals surface area contributed by atoms with Crippen LogP contribution in [0.1, 0.15) is 40.5 Å². The first-order valence-corrected chi connectivity index (χ1v) is 5.26. The summed E-state index contributed by atoms with van der Waals surface area (Å²) in [6, 6.07) is 0. The van der Waals surface area contributed by atoms with Crippen LogP contribution in [0, 0.1) is 5.41 Å². The quantitative estimate of drug-likeness (QED) is 0.313. The monoisotopic (exact) mass is 232 g/mol. The molecule has 16 heavy (non-hydrogen) atoms. The van der Waals surface area contributed by atoms with E-state index in [0.717, 1.165) is 6.29 Å². The van der Waals surface area contributed by atoms with Gasteiger partial charge >= 0.3 is 5.97 Å². The molecule has 0 spiro atoms. The average Bonchev–Trinajstić information content (AvgIpc) is 2.22. The van der Waals surface area contributed by atoms with Crippen LogP contribution < -0.4 is 0 Å². The molecule has 0 aliphatic carbocycles. The lowest BCUT2D eigenvalue weighted by Crippen LogP contribution is -2.31. The zero-order valence-electron chi connectivity index (χ0n) is 10.2. The van der Waals surface area contributed by atoms with E-state index in [2.05, 4.69) is 4.89 Å². The van der Waals surface area contributed by atoms with Gasteiger partial charge in [-0.25, -0.2) is 4.89 Å². The van der Waals surface area contributed by atoms with Crippen LogP contribution in [-0.4, -0.2) is 29.7 Å². The number of hydrogen-bond acceptors (Lipinski definition) is 5. The molecule has 94 valence electrons. The molecule has 5 nitrogen and oxygen atoms in total. The van der Waals surface area contributed by atoms with E-state index in [1.165, 1.54) is 6.92 Å². The molecule has 0 saturated carbocycles. The van der Waals surface area contributed by atoms with E-state index in [-0.39, 0.29) is 0 Å². The van der Waals surface area contributed by atoms with Gasteiger partial charge in [-0.1, -0.05) is 13.8 Å². The maximum atomic E-state index is 10.8. The number of esters is 1. The molecule has 0 bridgehead atoms. The Kier molecular flexibility index (Phi) is 6.21. The van der Waals surface area contributed by atoms with Crippen molar-refractivity contribution in [2.75, 3.05) is 0 Å². The normalized spacial score (nSPS) is 15.3. The summed E-state index contributed by atoms with van der Waals surface area (Å²) in [6.45, 7) is 6.49. The summed E-state index contributed by atoms with van der Waals surface area (Å²) in [5.74, 6) is -0.433. The van der Waals surface area contributed by atoms with Crippen LogP contribution in [0.3, 0.4) is 0 Å². The Morgan fingerprint density at radius 2 is 2.06 bits per heavy atom. The molecule has 0 aromatic rings. The molecule has 0 fully saturated rings. The first-order chi connectivity index (χ1) is 7.32. The fourth-order valence-corrected chi connectivity index (χ4v) is 1.24. The van der Waals surface area contributed by atoms with E-state index in [1.54, 1.807) is 20.8 Å². The van der Waals surface area contributed by atoms with E-state index in [1.807, 2.05) is 0 Å². The van der Waals surface area contributed by atoms with Crippen molar-refractivity contribution in [3.8, 4) is 0 Å². The average molecular weight is 232 g/mol. The maximum absolute atomic E-state index is 10.8. The second-order valence-corrected chi connectivity index (χ2v) is 4.60. The van der Waals surface area contributed by atoms with Crippen molar-refractivity contribution in [1.29, 1.82) is 0 Å². The molecule has 0 saturated heterocycles. The summed E-state index contributed by atoms with van der Waals surface area (Å²) < 4.78 is 5.00. The molecule has 1 N–H and O–H groups in total. The number of rotatable bonds is 7. The molecule has 2 atom stereocenters. The number of aldehydes is 1. The summed E-state index contributed by atoms with van der Waals surface area (Å²) in [5, 5.41) is 8.54. The molecule has 5 heteroatoms. The van der Waals surface area contributed by atoms with Gasteiger partial charge in [-0.15, -0.1) is 0 Å². The Labute approximate surface area is 95.7 Å². The van der Waals surface area contributed by atoms with Gasteiger partial charge in [0.2, 0.25) is 0 Å². The molecule has 0 aromatic heterocycles. The lowest BCUT2D eigenvalue weighted by atomic mass is 9.88. The van der Waals surface area contributed by atoms with Gasteiger partial charge in [-0.3, -0.25) is 10.1 Å². The highest BCUT2D eigenvalue weighted by molar-refractivity contribution is 5.66. The van der Waals surface area contributed by atoms with Crippen LogP contribution in [0.25, 0.3) is 0 Å². The Morgan fingerprint density at radius 3 is 2.44 bits per heavy atom.